The van der Waals surface area contributed by atoms with E-state index >= 15 is 0 Å². The Hall–Kier alpha value is -0.910. The Morgan fingerprint density at radius 3 is 2.58 bits per heavy atom. The van der Waals surface area contributed by atoms with Crippen LogP contribution in [0.15, 0.2) is 12.4 Å². The number of aryl methyl sites for hydroxylation is 1. The molecule has 0 atom stereocenters. The van der Waals surface area contributed by atoms with Crippen molar-refractivity contribution in [2.75, 3.05) is 13.6 Å². The van der Waals surface area contributed by atoms with Gasteiger partial charge in [0.25, 0.3) is 0 Å². The second kappa shape index (κ2) is 6.78. The van der Waals surface area contributed by atoms with Gasteiger partial charge in [-0.05, 0) is 14.0 Å². The Morgan fingerprint density at radius 2 is 2.17 bits per heavy atom. The summed E-state index contributed by atoms with van der Waals surface area (Å²) in [6.07, 6.45) is 3.82. The predicted molar refractivity (Wildman–Crippen MR) is 48.1 cm³/mol. The summed E-state index contributed by atoms with van der Waals surface area (Å²) < 4.78 is 2.12. The van der Waals surface area contributed by atoms with Crippen molar-refractivity contribution < 1.29 is 11.0 Å². The Kier molecular flexibility index (Phi) is 7.72. The van der Waals surface area contributed by atoms with Gasteiger partial charge in [0.2, 0.25) is 0 Å². The molecular weight excluding hydrogens is 158 g/mol. The summed E-state index contributed by atoms with van der Waals surface area (Å²) in [7, 11) is 1.95. The minimum Gasteiger partial charge on any atom is -0.412 e. The number of nitrogens with zero attached hydrogens (tertiary/aromatic N) is 2. The zero-order valence-electron chi connectivity index (χ0n) is 7.46. The molecule has 5 heteroatoms. The van der Waals surface area contributed by atoms with Crippen molar-refractivity contribution in [2.45, 2.75) is 13.5 Å². The van der Waals surface area contributed by atoms with Crippen LogP contribution in [0, 0.1) is 6.92 Å². The van der Waals surface area contributed by atoms with Gasteiger partial charge in [-0.3, -0.25) is 0 Å². The zero-order valence-corrected chi connectivity index (χ0v) is 7.46. The Morgan fingerprint density at radius 1 is 1.50 bits per heavy atom. The van der Waals surface area contributed by atoms with Crippen LogP contribution in [0.2, 0.25) is 0 Å². The first-order valence-corrected chi connectivity index (χ1v) is 3.47. The fourth-order valence-corrected chi connectivity index (χ4v) is 0.872. The summed E-state index contributed by atoms with van der Waals surface area (Å²) >= 11 is 0. The lowest BCUT2D eigenvalue weighted by atomic mass is 10.6. The molecule has 0 spiro atoms. The largest absolute Gasteiger partial charge is 0.412 e. The molecule has 12 heavy (non-hydrogen) atoms. The standard InChI is InChI=1S/C7H13N3.2H2O/c1-7-9-4-6-10(7)5-3-8-2;;/h4,6,8H,3,5H2,1-2H3;2*1H2. The summed E-state index contributed by atoms with van der Waals surface area (Å²) in [5.41, 5.74) is 0. The van der Waals surface area contributed by atoms with Crippen LogP contribution in [0.25, 0.3) is 0 Å². The van der Waals surface area contributed by atoms with Gasteiger partial charge in [0, 0.05) is 25.5 Å². The maximum absolute atomic E-state index is 4.10. The van der Waals surface area contributed by atoms with Crippen LogP contribution in [0.4, 0.5) is 0 Å². The van der Waals surface area contributed by atoms with Gasteiger partial charge in [0.1, 0.15) is 5.82 Å². The summed E-state index contributed by atoms with van der Waals surface area (Å²) in [5.74, 6) is 1.08. The molecule has 1 aromatic heterocycles. The van der Waals surface area contributed by atoms with Gasteiger partial charge in [-0.1, -0.05) is 0 Å². The van der Waals surface area contributed by atoms with E-state index < -0.39 is 0 Å². The lowest BCUT2D eigenvalue weighted by molar-refractivity contribution is 0.629. The normalized spacial score (nSPS) is 8.50. The number of hydrogen-bond donors (Lipinski definition) is 1. The Labute approximate surface area is 72.0 Å². The maximum Gasteiger partial charge on any atom is 0.105 e. The molecular formula is C7H17N3O2. The highest BCUT2D eigenvalue weighted by Crippen LogP contribution is 1.92. The molecule has 72 valence electrons. The van der Waals surface area contributed by atoms with Crippen molar-refractivity contribution in [3.8, 4) is 0 Å². The third-order valence-corrected chi connectivity index (χ3v) is 1.53. The van der Waals surface area contributed by atoms with Crippen LogP contribution in [0.3, 0.4) is 0 Å². The van der Waals surface area contributed by atoms with Crippen LogP contribution in [-0.2, 0) is 6.54 Å². The van der Waals surface area contributed by atoms with Gasteiger partial charge >= 0.3 is 0 Å². The van der Waals surface area contributed by atoms with E-state index in [1.165, 1.54) is 0 Å². The molecule has 1 rings (SSSR count). The quantitative estimate of drug-likeness (QED) is 0.622. The number of hydrogen-bond acceptors (Lipinski definition) is 2. The number of aromatic nitrogens is 2. The molecule has 0 bridgehead atoms. The third kappa shape index (κ3) is 3.47. The van der Waals surface area contributed by atoms with Crippen molar-refractivity contribution in [3.63, 3.8) is 0 Å². The van der Waals surface area contributed by atoms with E-state index in [9.17, 15) is 0 Å². The van der Waals surface area contributed by atoms with Gasteiger partial charge in [0.05, 0.1) is 0 Å². The van der Waals surface area contributed by atoms with Gasteiger partial charge in [-0.2, -0.15) is 0 Å². The first-order valence-electron chi connectivity index (χ1n) is 3.47. The van der Waals surface area contributed by atoms with E-state index in [0.717, 1.165) is 18.9 Å². The first kappa shape index (κ1) is 13.7. The Balaban J connectivity index is 0. The average molecular weight is 175 g/mol. The minimum absolute atomic E-state index is 0. The molecule has 0 aromatic carbocycles. The summed E-state index contributed by atoms with van der Waals surface area (Å²) in [5, 5.41) is 3.08. The molecule has 0 aliphatic rings. The molecule has 0 amide bonds. The van der Waals surface area contributed by atoms with Crippen molar-refractivity contribution in [1.29, 1.82) is 0 Å². The number of nitrogens with one attached hydrogen (secondary N) is 1. The van der Waals surface area contributed by atoms with Gasteiger partial charge in [0.15, 0.2) is 0 Å². The van der Waals surface area contributed by atoms with E-state index in [1.54, 1.807) is 0 Å². The molecule has 1 aromatic rings. The maximum atomic E-state index is 4.10. The fraction of sp³-hybridized carbons (Fsp3) is 0.571. The highest BCUT2D eigenvalue weighted by molar-refractivity contribution is 4.88. The zero-order chi connectivity index (χ0) is 7.40. The van der Waals surface area contributed by atoms with Crippen LogP contribution in [-0.4, -0.2) is 34.1 Å². The number of likely N-dealkylation sites (N-methyl/N-ethyl adjacent to an activating group) is 1. The monoisotopic (exact) mass is 175 g/mol. The van der Waals surface area contributed by atoms with Crippen molar-refractivity contribution in [2.24, 2.45) is 0 Å². The predicted octanol–water partition coefficient (Wildman–Crippen LogP) is -1.24. The number of imidazole rings is 1. The highest BCUT2D eigenvalue weighted by Gasteiger charge is 1.92. The molecule has 5 N–H and O–H groups in total. The van der Waals surface area contributed by atoms with Crippen molar-refractivity contribution in [1.82, 2.24) is 14.9 Å². The van der Waals surface area contributed by atoms with E-state index in [2.05, 4.69) is 14.9 Å². The number of rotatable bonds is 3. The van der Waals surface area contributed by atoms with Gasteiger partial charge in [-0.15, -0.1) is 0 Å². The lowest BCUT2D eigenvalue weighted by Crippen LogP contribution is -2.15. The third-order valence-electron chi connectivity index (χ3n) is 1.53. The van der Waals surface area contributed by atoms with Crippen LogP contribution < -0.4 is 5.32 Å². The first-order chi connectivity index (χ1) is 4.84. The smallest absolute Gasteiger partial charge is 0.105 e. The van der Waals surface area contributed by atoms with E-state index in [4.69, 9.17) is 0 Å². The molecule has 0 fully saturated rings. The SMILES string of the molecule is CNCCn1ccnc1C.O.O. The topological polar surface area (TPSA) is 92.8 Å². The lowest BCUT2D eigenvalue weighted by Gasteiger charge is -2.02. The van der Waals surface area contributed by atoms with E-state index in [0.29, 0.717) is 0 Å². The minimum atomic E-state index is 0. The van der Waals surface area contributed by atoms with Gasteiger partial charge in [-0.25, -0.2) is 4.98 Å². The molecule has 0 unspecified atom stereocenters. The van der Waals surface area contributed by atoms with E-state index in [-0.39, 0.29) is 11.0 Å². The summed E-state index contributed by atoms with van der Waals surface area (Å²) in [6, 6.07) is 0. The van der Waals surface area contributed by atoms with Crippen LogP contribution in [0.1, 0.15) is 5.82 Å². The van der Waals surface area contributed by atoms with E-state index in [1.807, 2.05) is 26.4 Å². The molecule has 0 saturated carbocycles. The highest BCUT2D eigenvalue weighted by atomic mass is 16.0. The Bertz CT molecular complexity index is 200. The summed E-state index contributed by atoms with van der Waals surface area (Å²) in [6.45, 7) is 4.01. The molecule has 0 aliphatic carbocycles. The molecule has 5 nitrogen and oxygen atoms in total. The van der Waals surface area contributed by atoms with Crippen LogP contribution >= 0.6 is 0 Å². The van der Waals surface area contributed by atoms with Crippen LogP contribution in [0.5, 0.6) is 0 Å². The second-order valence-corrected chi connectivity index (χ2v) is 2.27. The average Bonchev–Trinajstić information content (AvgIpc) is 2.31. The second-order valence-electron chi connectivity index (χ2n) is 2.27. The molecule has 1 heterocycles. The van der Waals surface area contributed by atoms with Gasteiger partial charge < -0.3 is 20.8 Å². The molecule has 0 saturated heterocycles. The fourth-order valence-electron chi connectivity index (χ4n) is 0.872. The van der Waals surface area contributed by atoms with Crippen molar-refractivity contribution in [3.05, 3.63) is 18.2 Å². The summed E-state index contributed by atoms with van der Waals surface area (Å²) in [4.78, 5) is 4.10. The molecule has 0 radical (unpaired) electrons. The molecule has 0 aliphatic heterocycles. The van der Waals surface area contributed by atoms with Crippen molar-refractivity contribution >= 4 is 0 Å².